The van der Waals surface area contributed by atoms with Crippen molar-refractivity contribution in [1.29, 1.82) is 0 Å². The number of carbonyl (C=O) groups is 1. The maximum Gasteiger partial charge on any atom is 0.231 e. The molecule has 0 fully saturated rings. The Kier molecular flexibility index (Phi) is 4.11. The molecule has 0 spiro atoms. The smallest absolute Gasteiger partial charge is 0.231 e. The van der Waals surface area contributed by atoms with E-state index in [2.05, 4.69) is 12.1 Å². The Hall–Kier alpha value is -2.49. The van der Waals surface area contributed by atoms with Gasteiger partial charge in [0, 0.05) is 12.2 Å². The molecular formula is C20H21NO3. The molecular weight excluding hydrogens is 302 g/mol. The predicted octanol–water partition coefficient (Wildman–Crippen LogP) is 3.37. The Morgan fingerprint density at radius 1 is 1.00 bits per heavy atom. The number of hydrogen-bond donors (Lipinski definition) is 0. The van der Waals surface area contributed by atoms with Crippen molar-refractivity contribution in [3.05, 3.63) is 53.6 Å². The fourth-order valence-corrected chi connectivity index (χ4v) is 3.42. The van der Waals surface area contributed by atoms with Crippen LogP contribution in [0.1, 0.15) is 24.0 Å². The van der Waals surface area contributed by atoms with Crippen molar-refractivity contribution < 1.29 is 14.3 Å². The molecule has 1 amide bonds. The summed E-state index contributed by atoms with van der Waals surface area (Å²) in [4.78, 5) is 14.8. The zero-order valence-electron chi connectivity index (χ0n) is 13.7. The first-order valence-corrected chi connectivity index (χ1v) is 8.58. The van der Waals surface area contributed by atoms with Crippen molar-refractivity contribution in [3.63, 3.8) is 0 Å². The fourth-order valence-electron chi connectivity index (χ4n) is 3.42. The number of carbonyl (C=O) groups excluding carboxylic acids is 1. The lowest BCUT2D eigenvalue weighted by Crippen LogP contribution is -2.33. The second-order valence-electron chi connectivity index (χ2n) is 6.29. The van der Waals surface area contributed by atoms with Crippen LogP contribution < -0.4 is 14.4 Å². The number of para-hydroxylation sites is 1. The number of ether oxygens (including phenoxy) is 2. The minimum atomic E-state index is 0.140. The number of aryl methyl sites for hydroxylation is 1. The van der Waals surface area contributed by atoms with E-state index in [1.807, 2.05) is 35.2 Å². The minimum absolute atomic E-state index is 0.140. The summed E-state index contributed by atoms with van der Waals surface area (Å²) >= 11 is 0. The van der Waals surface area contributed by atoms with E-state index in [-0.39, 0.29) is 5.91 Å². The Balaban J connectivity index is 1.56. The van der Waals surface area contributed by atoms with Gasteiger partial charge in [0.05, 0.1) is 6.42 Å². The standard InChI is InChI=1S/C20H21NO3/c22-20(14-15-8-9-18-19(13-15)24-12-11-23-18)21-10-4-3-6-16-5-1-2-7-17(16)21/h1-2,5,7-9,13H,3-4,6,10-12,14H2. The van der Waals surface area contributed by atoms with Crippen molar-refractivity contribution in [3.8, 4) is 11.5 Å². The monoisotopic (exact) mass is 323 g/mol. The van der Waals surface area contributed by atoms with E-state index in [1.165, 1.54) is 5.56 Å². The SMILES string of the molecule is O=C(Cc1ccc2c(c1)OCCO2)N1CCCCc2ccccc21. The summed E-state index contributed by atoms with van der Waals surface area (Å²) in [5.41, 5.74) is 3.30. The zero-order chi connectivity index (χ0) is 16.4. The highest BCUT2D eigenvalue weighted by atomic mass is 16.6. The molecule has 4 rings (SSSR count). The second-order valence-corrected chi connectivity index (χ2v) is 6.29. The normalized spacial score (nSPS) is 16.2. The van der Waals surface area contributed by atoms with Crippen molar-refractivity contribution in [2.24, 2.45) is 0 Å². The molecule has 0 radical (unpaired) electrons. The van der Waals surface area contributed by atoms with E-state index < -0.39 is 0 Å². The Morgan fingerprint density at radius 2 is 1.83 bits per heavy atom. The average Bonchev–Trinajstić information content (AvgIpc) is 2.84. The van der Waals surface area contributed by atoms with E-state index in [1.54, 1.807) is 0 Å². The molecule has 2 aromatic rings. The molecule has 124 valence electrons. The molecule has 0 N–H and O–H groups in total. The molecule has 4 heteroatoms. The lowest BCUT2D eigenvalue weighted by Gasteiger charge is -2.23. The van der Waals surface area contributed by atoms with Crippen LogP contribution in [0.2, 0.25) is 0 Å². The third-order valence-corrected chi connectivity index (χ3v) is 4.62. The maximum atomic E-state index is 12.9. The van der Waals surface area contributed by atoms with E-state index in [9.17, 15) is 4.79 Å². The summed E-state index contributed by atoms with van der Waals surface area (Å²) in [6, 6.07) is 14.0. The van der Waals surface area contributed by atoms with Crippen LogP contribution in [0.15, 0.2) is 42.5 Å². The topological polar surface area (TPSA) is 38.8 Å². The molecule has 2 heterocycles. The first-order chi connectivity index (χ1) is 11.8. The van der Waals surface area contributed by atoms with Crippen LogP contribution in [-0.4, -0.2) is 25.7 Å². The van der Waals surface area contributed by atoms with E-state index >= 15 is 0 Å². The van der Waals surface area contributed by atoms with Gasteiger partial charge in [-0.25, -0.2) is 0 Å². The molecule has 0 atom stereocenters. The number of amides is 1. The summed E-state index contributed by atoms with van der Waals surface area (Å²) in [6.07, 6.45) is 3.60. The van der Waals surface area contributed by atoms with Crippen LogP contribution in [0, 0.1) is 0 Å². The molecule has 0 aromatic heterocycles. The van der Waals surface area contributed by atoms with Gasteiger partial charge in [-0.05, 0) is 48.6 Å². The van der Waals surface area contributed by atoms with Crippen molar-refractivity contribution in [2.75, 3.05) is 24.7 Å². The third-order valence-electron chi connectivity index (χ3n) is 4.62. The van der Waals surface area contributed by atoms with Crippen molar-refractivity contribution in [1.82, 2.24) is 0 Å². The van der Waals surface area contributed by atoms with E-state index in [0.29, 0.717) is 19.6 Å². The fraction of sp³-hybridized carbons (Fsp3) is 0.350. The quantitative estimate of drug-likeness (QED) is 0.850. The number of anilines is 1. The van der Waals surface area contributed by atoms with Gasteiger partial charge in [-0.2, -0.15) is 0 Å². The number of hydrogen-bond acceptors (Lipinski definition) is 3. The molecule has 0 aliphatic carbocycles. The molecule has 2 aromatic carbocycles. The van der Waals surface area contributed by atoms with Crippen LogP contribution in [0.5, 0.6) is 11.5 Å². The lowest BCUT2D eigenvalue weighted by atomic mass is 10.1. The lowest BCUT2D eigenvalue weighted by molar-refractivity contribution is -0.118. The minimum Gasteiger partial charge on any atom is -0.486 e. The van der Waals surface area contributed by atoms with Crippen LogP contribution in [0.3, 0.4) is 0 Å². The van der Waals surface area contributed by atoms with Gasteiger partial charge in [0.15, 0.2) is 11.5 Å². The summed E-state index contributed by atoms with van der Waals surface area (Å²) < 4.78 is 11.2. The second kappa shape index (κ2) is 6.56. The van der Waals surface area contributed by atoms with E-state index in [4.69, 9.17) is 9.47 Å². The highest BCUT2D eigenvalue weighted by molar-refractivity contribution is 5.95. The van der Waals surface area contributed by atoms with Crippen LogP contribution in [-0.2, 0) is 17.6 Å². The molecule has 2 aliphatic heterocycles. The predicted molar refractivity (Wildman–Crippen MR) is 92.9 cm³/mol. The Labute approximate surface area is 142 Å². The average molecular weight is 323 g/mol. The molecule has 0 saturated carbocycles. The highest BCUT2D eigenvalue weighted by Crippen LogP contribution is 2.32. The summed E-state index contributed by atoms with van der Waals surface area (Å²) in [7, 11) is 0. The van der Waals surface area contributed by atoms with Crippen LogP contribution >= 0.6 is 0 Å². The van der Waals surface area contributed by atoms with Gasteiger partial charge in [0.2, 0.25) is 5.91 Å². The number of fused-ring (bicyclic) bond motifs is 2. The van der Waals surface area contributed by atoms with Crippen molar-refractivity contribution >= 4 is 11.6 Å². The molecule has 0 bridgehead atoms. The number of benzene rings is 2. The van der Waals surface area contributed by atoms with Gasteiger partial charge in [-0.3, -0.25) is 4.79 Å². The third kappa shape index (κ3) is 2.96. The molecule has 2 aliphatic rings. The molecule has 24 heavy (non-hydrogen) atoms. The number of nitrogens with zero attached hydrogens (tertiary/aromatic N) is 1. The van der Waals surface area contributed by atoms with Gasteiger partial charge < -0.3 is 14.4 Å². The van der Waals surface area contributed by atoms with Gasteiger partial charge in [0.25, 0.3) is 0 Å². The zero-order valence-corrected chi connectivity index (χ0v) is 13.7. The van der Waals surface area contributed by atoms with Gasteiger partial charge in [-0.15, -0.1) is 0 Å². The molecule has 4 nitrogen and oxygen atoms in total. The van der Waals surface area contributed by atoms with Gasteiger partial charge >= 0.3 is 0 Å². The first-order valence-electron chi connectivity index (χ1n) is 8.58. The molecule has 0 saturated heterocycles. The van der Waals surface area contributed by atoms with E-state index in [0.717, 1.165) is 48.6 Å². The largest absolute Gasteiger partial charge is 0.486 e. The van der Waals surface area contributed by atoms with Crippen molar-refractivity contribution in [2.45, 2.75) is 25.7 Å². The van der Waals surface area contributed by atoms with Crippen LogP contribution in [0.4, 0.5) is 5.69 Å². The summed E-state index contributed by atoms with van der Waals surface area (Å²) in [5, 5.41) is 0. The Morgan fingerprint density at radius 3 is 2.75 bits per heavy atom. The number of rotatable bonds is 2. The highest BCUT2D eigenvalue weighted by Gasteiger charge is 2.21. The summed E-state index contributed by atoms with van der Waals surface area (Å²) in [5.74, 6) is 1.64. The molecule has 0 unspecified atom stereocenters. The first kappa shape index (κ1) is 15.1. The Bertz CT molecular complexity index is 756. The van der Waals surface area contributed by atoms with Gasteiger partial charge in [-0.1, -0.05) is 24.3 Å². The summed E-state index contributed by atoms with van der Waals surface area (Å²) in [6.45, 7) is 1.93. The maximum absolute atomic E-state index is 12.9. The van der Waals surface area contributed by atoms with Crippen LogP contribution in [0.25, 0.3) is 0 Å². The van der Waals surface area contributed by atoms with Gasteiger partial charge in [0.1, 0.15) is 13.2 Å².